The van der Waals surface area contributed by atoms with E-state index in [1.54, 1.807) is 0 Å². The number of nitrogens with one attached hydrogen (secondary N) is 1. The Kier molecular flexibility index (Phi) is 7.19. The highest BCUT2D eigenvalue weighted by Gasteiger charge is 2.15. The molecule has 0 radical (unpaired) electrons. The van der Waals surface area contributed by atoms with Gasteiger partial charge in [0.1, 0.15) is 0 Å². The molecule has 0 saturated heterocycles. The maximum Gasteiger partial charge on any atom is 0.0989 e. The first-order valence-electron chi connectivity index (χ1n) is 4.71. The van der Waals surface area contributed by atoms with E-state index in [4.69, 9.17) is 10.2 Å². The molecule has 0 spiro atoms. The second-order valence-corrected chi connectivity index (χ2v) is 3.25. The number of hydrogen-bond donors (Lipinski definition) is 5. The van der Waals surface area contributed by atoms with Crippen molar-refractivity contribution in [2.24, 2.45) is 0 Å². The van der Waals surface area contributed by atoms with Gasteiger partial charge in [-0.3, -0.25) is 0 Å². The average molecular weight is 217 g/mol. The second-order valence-electron chi connectivity index (χ2n) is 3.25. The molecule has 0 unspecified atom stereocenters. The van der Waals surface area contributed by atoms with Gasteiger partial charge in [0.05, 0.1) is 24.4 Å². The summed E-state index contributed by atoms with van der Waals surface area (Å²) >= 11 is 0. The fourth-order valence-corrected chi connectivity index (χ4v) is 0.935. The van der Waals surface area contributed by atoms with Crippen LogP contribution in [-0.4, -0.2) is 57.9 Å². The largest absolute Gasteiger partial charge is 0.389 e. The Bertz CT molecular complexity index is 178. The van der Waals surface area contributed by atoms with E-state index < -0.39 is 24.4 Å². The van der Waals surface area contributed by atoms with Crippen molar-refractivity contribution in [3.05, 3.63) is 25.3 Å². The van der Waals surface area contributed by atoms with Gasteiger partial charge in [-0.15, -0.1) is 13.2 Å². The summed E-state index contributed by atoms with van der Waals surface area (Å²) < 4.78 is 0. The van der Waals surface area contributed by atoms with Crippen LogP contribution >= 0.6 is 0 Å². The molecule has 5 heteroatoms. The van der Waals surface area contributed by atoms with Crippen molar-refractivity contribution in [3.8, 4) is 0 Å². The molecule has 0 aliphatic heterocycles. The monoisotopic (exact) mass is 217 g/mol. The molecule has 88 valence electrons. The molecule has 0 heterocycles. The lowest BCUT2D eigenvalue weighted by molar-refractivity contribution is 0.0320. The van der Waals surface area contributed by atoms with Crippen LogP contribution in [0, 0.1) is 0 Å². The fourth-order valence-electron chi connectivity index (χ4n) is 0.935. The first kappa shape index (κ1) is 14.3. The van der Waals surface area contributed by atoms with E-state index in [1.165, 1.54) is 12.2 Å². The van der Waals surface area contributed by atoms with Crippen LogP contribution in [0.25, 0.3) is 0 Å². The van der Waals surface area contributed by atoms with Crippen molar-refractivity contribution in [1.29, 1.82) is 0 Å². The Morgan fingerprint density at radius 2 is 1.20 bits per heavy atom. The highest BCUT2D eigenvalue weighted by molar-refractivity contribution is 4.87. The quantitative estimate of drug-likeness (QED) is 0.315. The van der Waals surface area contributed by atoms with Crippen molar-refractivity contribution >= 4 is 0 Å². The predicted molar refractivity (Wildman–Crippen MR) is 57.3 cm³/mol. The number of aliphatic hydroxyl groups is 4. The van der Waals surface area contributed by atoms with Gasteiger partial charge in [0.2, 0.25) is 0 Å². The normalized spacial score (nSPS) is 18.9. The molecule has 4 atom stereocenters. The van der Waals surface area contributed by atoms with Crippen molar-refractivity contribution in [2.75, 3.05) is 13.1 Å². The van der Waals surface area contributed by atoms with Gasteiger partial charge in [0.25, 0.3) is 0 Å². The van der Waals surface area contributed by atoms with E-state index in [2.05, 4.69) is 18.5 Å². The summed E-state index contributed by atoms with van der Waals surface area (Å²) in [5, 5.41) is 39.5. The summed E-state index contributed by atoms with van der Waals surface area (Å²) in [4.78, 5) is 0. The third kappa shape index (κ3) is 5.66. The second kappa shape index (κ2) is 7.56. The van der Waals surface area contributed by atoms with E-state index >= 15 is 0 Å². The summed E-state index contributed by atoms with van der Waals surface area (Å²) in [5.74, 6) is 0. The van der Waals surface area contributed by atoms with E-state index in [9.17, 15) is 10.2 Å². The smallest absolute Gasteiger partial charge is 0.0989 e. The van der Waals surface area contributed by atoms with Crippen molar-refractivity contribution in [3.63, 3.8) is 0 Å². The minimum atomic E-state index is -1.00. The number of hydrogen-bond acceptors (Lipinski definition) is 5. The lowest BCUT2D eigenvalue weighted by Crippen LogP contribution is -2.41. The molecule has 5 N–H and O–H groups in total. The summed E-state index contributed by atoms with van der Waals surface area (Å²) in [7, 11) is 0. The molecule has 0 bridgehead atoms. The van der Waals surface area contributed by atoms with Crippen molar-refractivity contribution < 1.29 is 20.4 Å². The maximum atomic E-state index is 9.28. The molecular weight excluding hydrogens is 198 g/mol. The molecule has 0 saturated carbocycles. The van der Waals surface area contributed by atoms with Gasteiger partial charge >= 0.3 is 0 Å². The third-order valence-electron chi connectivity index (χ3n) is 1.98. The first-order chi connectivity index (χ1) is 7.02. The summed E-state index contributed by atoms with van der Waals surface area (Å²) in [6.45, 7) is 6.86. The highest BCUT2D eigenvalue weighted by atomic mass is 16.3. The first-order valence-corrected chi connectivity index (χ1v) is 4.71. The van der Waals surface area contributed by atoms with Crippen LogP contribution in [0.2, 0.25) is 0 Å². The van der Waals surface area contributed by atoms with Crippen molar-refractivity contribution in [2.45, 2.75) is 24.4 Å². The molecule has 0 fully saturated rings. The highest BCUT2D eigenvalue weighted by Crippen LogP contribution is 1.95. The average Bonchev–Trinajstić information content (AvgIpc) is 2.26. The van der Waals surface area contributed by atoms with Crippen LogP contribution in [0.3, 0.4) is 0 Å². The SMILES string of the molecule is C=C[C@@H](O)[C@@H](O)CNC[C@H](O)[C@H](O)C=C. The Hall–Kier alpha value is -0.720. The minimum Gasteiger partial charge on any atom is -0.389 e. The molecule has 0 aliphatic carbocycles. The lowest BCUT2D eigenvalue weighted by Gasteiger charge is -2.18. The van der Waals surface area contributed by atoms with Crippen molar-refractivity contribution in [1.82, 2.24) is 5.32 Å². The number of aliphatic hydroxyl groups excluding tert-OH is 4. The Labute approximate surface area is 89.4 Å². The Balaban J connectivity index is 3.69. The minimum absolute atomic E-state index is 0.105. The maximum absolute atomic E-state index is 9.28. The van der Waals surface area contributed by atoms with Crippen LogP contribution < -0.4 is 5.32 Å². The summed E-state index contributed by atoms with van der Waals surface area (Å²) in [6, 6.07) is 0. The topological polar surface area (TPSA) is 93.0 Å². The Morgan fingerprint density at radius 1 is 0.867 bits per heavy atom. The number of rotatable bonds is 8. The van der Waals surface area contributed by atoms with Crippen LogP contribution in [0.4, 0.5) is 0 Å². The molecule has 0 rings (SSSR count). The van der Waals surface area contributed by atoms with Gasteiger partial charge in [-0.25, -0.2) is 0 Å². The van der Waals surface area contributed by atoms with Gasteiger partial charge in [0.15, 0.2) is 0 Å². The molecule has 0 amide bonds. The molecule has 0 aliphatic rings. The van der Waals surface area contributed by atoms with E-state index in [-0.39, 0.29) is 13.1 Å². The summed E-state index contributed by atoms with van der Waals surface area (Å²) in [6.07, 6.45) is -1.51. The van der Waals surface area contributed by atoms with Gasteiger partial charge in [-0.05, 0) is 0 Å². The van der Waals surface area contributed by atoms with Gasteiger partial charge < -0.3 is 25.7 Å². The predicted octanol–water partition coefficient (Wildman–Crippen LogP) is -1.61. The van der Waals surface area contributed by atoms with E-state index in [0.717, 1.165) is 0 Å². The molecule has 5 nitrogen and oxygen atoms in total. The van der Waals surface area contributed by atoms with Crippen LogP contribution in [0.15, 0.2) is 25.3 Å². The lowest BCUT2D eigenvalue weighted by atomic mass is 10.2. The summed E-state index contributed by atoms with van der Waals surface area (Å²) in [5.41, 5.74) is 0. The standard InChI is InChI=1S/C10H19NO4/c1-3-7(12)9(14)5-11-6-10(15)8(13)4-2/h3-4,7-15H,1-2,5-6H2/t7-,8-,9+,10+/m1/s1. The fraction of sp³-hybridized carbons (Fsp3) is 0.600. The van der Waals surface area contributed by atoms with Crippen LogP contribution in [-0.2, 0) is 0 Å². The van der Waals surface area contributed by atoms with Gasteiger partial charge in [-0.2, -0.15) is 0 Å². The molecule has 0 aromatic rings. The van der Waals surface area contributed by atoms with Gasteiger partial charge in [-0.1, -0.05) is 12.2 Å². The molecule has 0 aromatic carbocycles. The van der Waals surface area contributed by atoms with Crippen LogP contribution in [0.5, 0.6) is 0 Å². The van der Waals surface area contributed by atoms with E-state index in [0.29, 0.717) is 0 Å². The zero-order valence-electron chi connectivity index (χ0n) is 8.58. The zero-order valence-corrected chi connectivity index (χ0v) is 8.58. The molecule has 15 heavy (non-hydrogen) atoms. The van der Waals surface area contributed by atoms with E-state index in [1.807, 2.05) is 0 Å². The molecule has 0 aromatic heterocycles. The zero-order chi connectivity index (χ0) is 11.8. The van der Waals surface area contributed by atoms with Crippen LogP contribution in [0.1, 0.15) is 0 Å². The Morgan fingerprint density at radius 3 is 1.47 bits per heavy atom. The molecular formula is C10H19NO4. The third-order valence-corrected chi connectivity index (χ3v) is 1.98. The van der Waals surface area contributed by atoms with Gasteiger partial charge in [0, 0.05) is 13.1 Å².